The van der Waals surface area contributed by atoms with Gasteiger partial charge < -0.3 is 0 Å². The predicted octanol–water partition coefficient (Wildman–Crippen LogP) is 3.95. The molecule has 2 amide bonds. The molecule has 0 bridgehead atoms. The Labute approximate surface area is 183 Å². The van der Waals surface area contributed by atoms with Gasteiger partial charge in [0.15, 0.2) is 6.10 Å². The molecule has 0 N–H and O–H groups in total. The van der Waals surface area contributed by atoms with E-state index in [9.17, 15) is 19.7 Å². The molecule has 3 aromatic rings. The molecule has 0 spiro atoms. The Bertz CT molecular complexity index is 1190. The van der Waals surface area contributed by atoms with Crippen molar-refractivity contribution < 1.29 is 19.3 Å². The summed E-state index contributed by atoms with van der Waals surface area (Å²) < 4.78 is 0. The third-order valence-corrected chi connectivity index (χ3v) is 5.86. The number of benzene rings is 3. The zero-order chi connectivity index (χ0) is 22.4. The molecule has 0 aromatic heterocycles. The molecule has 2 fully saturated rings. The molecular weight excluding hydrogens is 410 g/mol. The van der Waals surface area contributed by atoms with E-state index >= 15 is 0 Å². The summed E-state index contributed by atoms with van der Waals surface area (Å²) in [5.74, 6) is -1.56. The van der Waals surface area contributed by atoms with E-state index in [0.29, 0.717) is 16.9 Å². The highest BCUT2D eigenvalue weighted by atomic mass is 16.7. The zero-order valence-corrected chi connectivity index (χ0v) is 17.1. The number of hydrogen-bond acceptors (Lipinski definition) is 6. The standard InChI is InChI=1S/C24H19N3O5/c1-15-7-11-17(12-8-15)25-23(28)20-21(16-9-13-19(14-10-16)27(30)31)26(32-22(20)24(25)29)18-5-3-2-4-6-18/h2-14,20-22H,1H3. The van der Waals surface area contributed by atoms with Crippen molar-refractivity contribution in [2.45, 2.75) is 19.1 Å². The number of nitrogens with zero attached hydrogens (tertiary/aromatic N) is 3. The summed E-state index contributed by atoms with van der Waals surface area (Å²) in [5.41, 5.74) is 2.80. The lowest BCUT2D eigenvalue weighted by Crippen LogP contribution is -2.37. The Hall–Kier alpha value is -4.04. The molecule has 0 aliphatic carbocycles. The lowest BCUT2D eigenvalue weighted by molar-refractivity contribution is -0.384. The Morgan fingerprint density at radius 1 is 0.844 bits per heavy atom. The Morgan fingerprint density at radius 3 is 2.12 bits per heavy atom. The van der Waals surface area contributed by atoms with Crippen LogP contribution in [0.5, 0.6) is 0 Å². The number of amides is 2. The van der Waals surface area contributed by atoms with Gasteiger partial charge >= 0.3 is 0 Å². The van der Waals surface area contributed by atoms with Gasteiger partial charge in [-0.05, 0) is 36.8 Å². The van der Waals surface area contributed by atoms with Crippen LogP contribution in [0.1, 0.15) is 17.2 Å². The Kier molecular flexibility index (Phi) is 4.71. The molecule has 8 heteroatoms. The molecule has 2 saturated heterocycles. The van der Waals surface area contributed by atoms with Crippen LogP contribution in [0.25, 0.3) is 0 Å². The van der Waals surface area contributed by atoms with Gasteiger partial charge in [0, 0.05) is 12.1 Å². The number of carbonyl (C=O) groups excluding carboxylic acids is 2. The lowest BCUT2D eigenvalue weighted by atomic mass is 9.90. The van der Waals surface area contributed by atoms with Gasteiger partial charge in [-0.25, -0.2) is 9.96 Å². The predicted molar refractivity (Wildman–Crippen MR) is 117 cm³/mol. The quantitative estimate of drug-likeness (QED) is 0.354. The van der Waals surface area contributed by atoms with Gasteiger partial charge in [0.1, 0.15) is 5.92 Å². The molecule has 2 aliphatic heterocycles. The number of non-ortho nitro benzene ring substituents is 1. The minimum absolute atomic E-state index is 0.0504. The first-order valence-corrected chi connectivity index (χ1v) is 10.2. The molecule has 0 radical (unpaired) electrons. The molecule has 160 valence electrons. The van der Waals surface area contributed by atoms with E-state index in [-0.39, 0.29) is 11.6 Å². The van der Waals surface area contributed by atoms with E-state index in [4.69, 9.17) is 4.84 Å². The van der Waals surface area contributed by atoms with Crippen molar-refractivity contribution in [2.24, 2.45) is 5.92 Å². The smallest absolute Gasteiger partial charge is 0.269 e. The van der Waals surface area contributed by atoms with E-state index < -0.39 is 28.9 Å². The van der Waals surface area contributed by atoms with Gasteiger partial charge in [0.2, 0.25) is 5.91 Å². The van der Waals surface area contributed by atoms with Crippen LogP contribution in [0.3, 0.4) is 0 Å². The van der Waals surface area contributed by atoms with Crippen LogP contribution in [0.15, 0.2) is 78.9 Å². The third-order valence-electron chi connectivity index (χ3n) is 5.86. The van der Waals surface area contributed by atoms with Crippen molar-refractivity contribution >= 4 is 28.9 Å². The summed E-state index contributed by atoms with van der Waals surface area (Å²) in [7, 11) is 0. The number of hydrogen-bond donors (Lipinski definition) is 0. The van der Waals surface area contributed by atoms with Gasteiger partial charge in [-0.15, -0.1) is 0 Å². The Morgan fingerprint density at radius 2 is 1.50 bits per heavy atom. The second-order valence-corrected chi connectivity index (χ2v) is 7.85. The number of rotatable bonds is 4. The number of hydroxylamine groups is 1. The van der Waals surface area contributed by atoms with Crippen LogP contribution >= 0.6 is 0 Å². The average Bonchev–Trinajstić information content (AvgIpc) is 3.31. The molecule has 3 unspecified atom stereocenters. The Balaban J connectivity index is 1.57. The summed E-state index contributed by atoms with van der Waals surface area (Å²) in [4.78, 5) is 44.6. The highest BCUT2D eigenvalue weighted by molar-refractivity contribution is 6.23. The summed E-state index contributed by atoms with van der Waals surface area (Å²) >= 11 is 0. The second-order valence-electron chi connectivity index (χ2n) is 7.85. The lowest BCUT2D eigenvalue weighted by Gasteiger charge is -2.28. The van der Waals surface area contributed by atoms with E-state index in [1.165, 1.54) is 17.0 Å². The minimum Gasteiger partial charge on any atom is -0.273 e. The number of fused-ring (bicyclic) bond motifs is 1. The van der Waals surface area contributed by atoms with E-state index in [1.807, 2.05) is 49.4 Å². The van der Waals surface area contributed by atoms with E-state index in [1.54, 1.807) is 29.3 Å². The average molecular weight is 429 g/mol. The van der Waals surface area contributed by atoms with Gasteiger partial charge in [0.05, 0.1) is 22.3 Å². The van der Waals surface area contributed by atoms with Crippen LogP contribution in [0.4, 0.5) is 17.1 Å². The number of nitro benzene ring substituents is 1. The van der Waals surface area contributed by atoms with Gasteiger partial charge in [0.25, 0.3) is 11.6 Å². The number of nitro groups is 1. The maximum Gasteiger partial charge on any atom is 0.269 e. The van der Waals surface area contributed by atoms with Crippen molar-refractivity contribution in [3.63, 3.8) is 0 Å². The van der Waals surface area contributed by atoms with E-state index in [2.05, 4.69) is 0 Å². The normalized spacial score (nSPS) is 22.3. The molecule has 0 saturated carbocycles. The van der Waals surface area contributed by atoms with Crippen LogP contribution in [0.2, 0.25) is 0 Å². The van der Waals surface area contributed by atoms with Crippen molar-refractivity contribution in [1.29, 1.82) is 0 Å². The van der Waals surface area contributed by atoms with Gasteiger partial charge in [-0.3, -0.25) is 24.5 Å². The summed E-state index contributed by atoms with van der Waals surface area (Å²) in [6.45, 7) is 1.93. The molecule has 8 nitrogen and oxygen atoms in total. The first-order valence-electron chi connectivity index (χ1n) is 10.2. The first-order chi connectivity index (χ1) is 15.5. The van der Waals surface area contributed by atoms with Gasteiger partial charge in [-0.1, -0.05) is 48.0 Å². The molecule has 32 heavy (non-hydrogen) atoms. The molecule has 2 heterocycles. The molecule has 2 aliphatic rings. The van der Waals surface area contributed by atoms with Crippen molar-refractivity contribution in [3.05, 3.63) is 100 Å². The SMILES string of the molecule is Cc1ccc(N2C(=O)C3ON(c4ccccc4)C(c4ccc([N+](=O)[O-])cc4)C3C2=O)cc1. The van der Waals surface area contributed by atoms with Gasteiger partial charge in [-0.2, -0.15) is 0 Å². The van der Waals surface area contributed by atoms with Crippen LogP contribution in [-0.2, 0) is 14.4 Å². The monoisotopic (exact) mass is 429 g/mol. The highest BCUT2D eigenvalue weighted by Gasteiger charge is 2.60. The number of para-hydroxylation sites is 1. The summed E-state index contributed by atoms with van der Waals surface area (Å²) in [5, 5.41) is 12.7. The number of anilines is 2. The summed E-state index contributed by atoms with van der Waals surface area (Å²) in [6, 6.07) is 21.7. The van der Waals surface area contributed by atoms with Crippen molar-refractivity contribution in [1.82, 2.24) is 0 Å². The minimum atomic E-state index is -0.982. The van der Waals surface area contributed by atoms with Crippen LogP contribution in [-0.4, -0.2) is 22.8 Å². The first kappa shape index (κ1) is 19.9. The van der Waals surface area contributed by atoms with Crippen LogP contribution in [0, 0.1) is 23.0 Å². The van der Waals surface area contributed by atoms with Crippen molar-refractivity contribution in [2.75, 3.05) is 9.96 Å². The molecule has 3 aromatic carbocycles. The fraction of sp³-hybridized carbons (Fsp3) is 0.167. The third kappa shape index (κ3) is 3.12. The molecular formula is C24H19N3O5. The summed E-state index contributed by atoms with van der Waals surface area (Å²) in [6.07, 6.45) is -0.982. The topological polar surface area (TPSA) is 93.0 Å². The fourth-order valence-corrected chi connectivity index (χ4v) is 4.29. The van der Waals surface area contributed by atoms with Crippen molar-refractivity contribution in [3.8, 4) is 0 Å². The van der Waals surface area contributed by atoms with E-state index in [0.717, 1.165) is 5.56 Å². The zero-order valence-electron chi connectivity index (χ0n) is 17.1. The highest BCUT2D eigenvalue weighted by Crippen LogP contribution is 2.47. The molecule has 5 rings (SSSR count). The fourth-order valence-electron chi connectivity index (χ4n) is 4.29. The molecule has 3 atom stereocenters. The number of carbonyl (C=O) groups is 2. The number of imide groups is 1. The largest absolute Gasteiger partial charge is 0.273 e. The maximum absolute atomic E-state index is 13.5. The number of aryl methyl sites for hydroxylation is 1. The second kappa shape index (κ2) is 7.58. The van der Waals surface area contributed by atoms with Crippen LogP contribution < -0.4 is 9.96 Å². The maximum atomic E-state index is 13.5.